The molecule has 18 heavy (non-hydrogen) atoms. The van der Waals surface area contributed by atoms with Crippen molar-refractivity contribution in [1.82, 2.24) is 15.1 Å². The molecule has 2 aliphatic heterocycles. The summed E-state index contributed by atoms with van der Waals surface area (Å²) in [7, 11) is 0. The van der Waals surface area contributed by atoms with Crippen LogP contribution in [0.2, 0.25) is 0 Å². The van der Waals surface area contributed by atoms with Crippen molar-refractivity contribution in [3.05, 3.63) is 11.8 Å². The average Bonchev–Trinajstić information content (AvgIpc) is 2.83. The summed E-state index contributed by atoms with van der Waals surface area (Å²) in [5.74, 6) is 2.51. The van der Waals surface area contributed by atoms with E-state index < -0.39 is 0 Å². The van der Waals surface area contributed by atoms with Gasteiger partial charge in [-0.15, -0.1) is 0 Å². The number of aromatic nitrogens is 2. The molecule has 100 valence electrons. The molecule has 1 aromatic heterocycles. The lowest BCUT2D eigenvalue weighted by molar-refractivity contribution is 0.236. The number of fused-ring (bicyclic) bond motifs is 3. The normalized spacial score (nSPS) is 28.1. The number of anilines is 1. The molecule has 0 bridgehead atoms. The van der Waals surface area contributed by atoms with Crippen LogP contribution in [-0.2, 0) is 0 Å². The number of hydrogen-bond acceptors (Lipinski definition) is 3. The third-order valence-electron chi connectivity index (χ3n) is 4.41. The number of nitrogens with zero attached hydrogens (tertiary/aromatic N) is 2. The number of rotatable bonds is 3. The van der Waals surface area contributed by atoms with Crippen LogP contribution >= 0.6 is 0 Å². The first-order valence-corrected chi connectivity index (χ1v) is 7.33. The fourth-order valence-corrected chi connectivity index (χ4v) is 3.29. The summed E-state index contributed by atoms with van der Waals surface area (Å²) in [6, 6.07) is 2.86. The van der Waals surface area contributed by atoms with Crippen molar-refractivity contribution in [3.8, 4) is 0 Å². The highest BCUT2D eigenvalue weighted by molar-refractivity contribution is 5.40. The van der Waals surface area contributed by atoms with Crippen LogP contribution in [0.25, 0.3) is 0 Å². The predicted octanol–water partition coefficient (Wildman–Crippen LogP) is 2.36. The summed E-state index contributed by atoms with van der Waals surface area (Å²) >= 11 is 0. The van der Waals surface area contributed by atoms with E-state index in [9.17, 15) is 0 Å². The van der Waals surface area contributed by atoms with Gasteiger partial charge < -0.3 is 10.6 Å². The van der Waals surface area contributed by atoms with Gasteiger partial charge in [-0.05, 0) is 19.4 Å². The third kappa shape index (κ3) is 2.03. The standard InChI is InChI=1S/C14H24N4/c1-3-4-10(2)12-7-14-16-9-11-8-15-6-5-13(11)18(14)17-12/h7,10-11,13,15-16H,3-6,8-9H2,1-2H3. The highest BCUT2D eigenvalue weighted by atomic mass is 15.4. The van der Waals surface area contributed by atoms with Crippen molar-refractivity contribution in [2.24, 2.45) is 5.92 Å². The fourth-order valence-electron chi connectivity index (χ4n) is 3.29. The van der Waals surface area contributed by atoms with Crippen molar-refractivity contribution < 1.29 is 0 Å². The van der Waals surface area contributed by atoms with E-state index in [1.807, 2.05) is 0 Å². The molecular weight excluding hydrogens is 224 g/mol. The molecule has 0 radical (unpaired) electrons. The van der Waals surface area contributed by atoms with Gasteiger partial charge in [0.05, 0.1) is 11.7 Å². The molecule has 0 aliphatic carbocycles. The van der Waals surface area contributed by atoms with Crippen LogP contribution in [0.1, 0.15) is 50.8 Å². The lowest BCUT2D eigenvalue weighted by Gasteiger charge is -2.37. The predicted molar refractivity (Wildman–Crippen MR) is 74.1 cm³/mol. The molecule has 3 heterocycles. The molecule has 1 aromatic rings. The van der Waals surface area contributed by atoms with Crippen LogP contribution in [0.4, 0.5) is 5.82 Å². The minimum atomic E-state index is 0.579. The lowest BCUT2D eigenvalue weighted by atomic mass is 9.92. The monoisotopic (exact) mass is 248 g/mol. The van der Waals surface area contributed by atoms with Gasteiger partial charge in [0.2, 0.25) is 0 Å². The second kappa shape index (κ2) is 4.92. The van der Waals surface area contributed by atoms with E-state index in [4.69, 9.17) is 5.10 Å². The zero-order valence-electron chi connectivity index (χ0n) is 11.4. The van der Waals surface area contributed by atoms with Crippen molar-refractivity contribution in [1.29, 1.82) is 0 Å². The Labute approximate surface area is 109 Å². The minimum absolute atomic E-state index is 0.579. The van der Waals surface area contributed by atoms with Crippen LogP contribution in [0.3, 0.4) is 0 Å². The highest BCUT2D eigenvalue weighted by Gasteiger charge is 2.32. The number of nitrogens with one attached hydrogen (secondary N) is 2. The second-order valence-corrected chi connectivity index (χ2v) is 5.79. The van der Waals surface area contributed by atoms with Crippen molar-refractivity contribution in [2.75, 3.05) is 25.0 Å². The van der Waals surface area contributed by atoms with Gasteiger partial charge in [0.25, 0.3) is 0 Å². The Bertz CT molecular complexity index is 412. The molecule has 4 nitrogen and oxygen atoms in total. The summed E-state index contributed by atoms with van der Waals surface area (Å²) in [4.78, 5) is 0. The smallest absolute Gasteiger partial charge is 0.124 e. The van der Waals surface area contributed by atoms with E-state index in [-0.39, 0.29) is 0 Å². The molecule has 2 N–H and O–H groups in total. The quantitative estimate of drug-likeness (QED) is 0.863. The van der Waals surface area contributed by atoms with Crippen LogP contribution in [0.15, 0.2) is 6.07 Å². The molecular formula is C14H24N4. The van der Waals surface area contributed by atoms with Gasteiger partial charge >= 0.3 is 0 Å². The van der Waals surface area contributed by atoms with E-state index in [0.717, 1.165) is 19.6 Å². The van der Waals surface area contributed by atoms with Gasteiger partial charge in [0.1, 0.15) is 5.82 Å². The maximum Gasteiger partial charge on any atom is 0.124 e. The molecule has 3 unspecified atom stereocenters. The van der Waals surface area contributed by atoms with Gasteiger partial charge in [-0.2, -0.15) is 5.10 Å². The minimum Gasteiger partial charge on any atom is -0.370 e. The Hall–Kier alpha value is -1.03. The summed E-state index contributed by atoms with van der Waals surface area (Å²) in [5.41, 5.74) is 1.26. The first-order valence-electron chi connectivity index (χ1n) is 7.33. The van der Waals surface area contributed by atoms with E-state index in [0.29, 0.717) is 17.9 Å². The maximum atomic E-state index is 4.88. The first-order chi connectivity index (χ1) is 8.79. The third-order valence-corrected chi connectivity index (χ3v) is 4.41. The zero-order chi connectivity index (χ0) is 12.5. The van der Waals surface area contributed by atoms with Gasteiger partial charge in [-0.3, -0.25) is 0 Å². The largest absolute Gasteiger partial charge is 0.370 e. The number of hydrogen-bond donors (Lipinski definition) is 2. The SMILES string of the molecule is CCCC(C)c1cc2n(n1)C1CCNCC1CN2. The average molecular weight is 248 g/mol. The van der Waals surface area contributed by atoms with Crippen LogP contribution < -0.4 is 10.6 Å². The number of piperidine rings is 1. The topological polar surface area (TPSA) is 41.9 Å². The van der Waals surface area contributed by atoms with Crippen molar-refractivity contribution >= 4 is 5.82 Å². The van der Waals surface area contributed by atoms with Gasteiger partial charge in [0, 0.05) is 31.0 Å². The molecule has 0 saturated carbocycles. The van der Waals surface area contributed by atoms with Crippen molar-refractivity contribution in [2.45, 2.75) is 45.1 Å². The molecule has 1 saturated heterocycles. The van der Waals surface area contributed by atoms with Gasteiger partial charge in [-0.1, -0.05) is 20.3 Å². The molecule has 3 atom stereocenters. The Balaban J connectivity index is 1.85. The summed E-state index contributed by atoms with van der Waals surface area (Å²) in [6.45, 7) is 7.87. The molecule has 0 aromatic carbocycles. The van der Waals surface area contributed by atoms with Gasteiger partial charge in [0.15, 0.2) is 0 Å². The fraction of sp³-hybridized carbons (Fsp3) is 0.786. The zero-order valence-corrected chi connectivity index (χ0v) is 11.4. The molecule has 3 rings (SSSR count). The van der Waals surface area contributed by atoms with E-state index in [1.54, 1.807) is 0 Å². The lowest BCUT2D eigenvalue weighted by Crippen LogP contribution is -2.44. The molecule has 1 fully saturated rings. The Kier molecular flexibility index (Phi) is 3.29. The molecule has 4 heteroatoms. The Morgan fingerprint density at radius 1 is 1.50 bits per heavy atom. The van der Waals surface area contributed by atoms with Crippen LogP contribution in [0.5, 0.6) is 0 Å². The van der Waals surface area contributed by atoms with Crippen LogP contribution in [0, 0.1) is 5.92 Å². The summed E-state index contributed by atoms with van der Waals surface area (Å²) in [5, 5.41) is 11.9. The van der Waals surface area contributed by atoms with E-state index in [1.165, 1.54) is 30.8 Å². The Morgan fingerprint density at radius 2 is 2.39 bits per heavy atom. The van der Waals surface area contributed by atoms with Crippen molar-refractivity contribution in [3.63, 3.8) is 0 Å². The Morgan fingerprint density at radius 3 is 3.22 bits per heavy atom. The van der Waals surface area contributed by atoms with Gasteiger partial charge in [-0.25, -0.2) is 4.68 Å². The summed E-state index contributed by atoms with van der Waals surface area (Å²) < 4.78 is 2.26. The molecule has 2 aliphatic rings. The van der Waals surface area contributed by atoms with Crippen LogP contribution in [-0.4, -0.2) is 29.4 Å². The maximum absolute atomic E-state index is 4.88. The highest BCUT2D eigenvalue weighted by Crippen LogP contribution is 2.34. The molecule has 0 spiro atoms. The second-order valence-electron chi connectivity index (χ2n) is 5.79. The first kappa shape index (κ1) is 12.0. The molecule has 0 amide bonds. The van der Waals surface area contributed by atoms with E-state index >= 15 is 0 Å². The summed E-state index contributed by atoms with van der Waals surface area (Å²) in [6.07, 6.45) is 3.67. The van der Waals surface area contributed by atoms with E-state index in [2.05, 4.69) is 35.2 Å².